The van der Waals surface area contributed by atoms with E-state index in [9.17, 15) is 22.8 Å². The molecule has 13 heteroatoms. The lowest BCUT2D eigenvalue weighted by Crippen LogP contribution is -2.56. The molecule has 5 rings (SSSR count). The Morgan fingerprint density at radius 2 is 1.95 bits per heavy atom. The highest BCUT2D eigenvalue weighted by Crippen LogP contribution is 2.45. The van der Waals surface area contributed by atoms with E-state index in [0.717, 1.165) is 5.39 Å². The van der Waals surface area contributed by atoms with Crippen molar-refractivity contribution in [3.8, 4) is 5.88 Å². The third kappa shape index (κ3) is 6.13. The highest BCUT2D eigenvalue weighted by molar-refractivity contribution is 7.91. The Balaban J connectivity index is 1.38. The van der Waals surface area contributed by atoms with Crippen LogP contribution in [0.2, 0.25) is 5.02 Å². The second kappa shape index (κ2) is 10.5. The van der Waals surface area contributed by atoms with Crippen LogP contribution in [0.4, 0.5) is 4.79 Å². The molecule has 1 aliphatic heterocycles. The molecule has 11 nitrogen and oxygen atoms in total. The van der Waals surface area contributed by atoms with E-state index in [-0.39, 0.29) is 19.4 Å². The lowest BCUT2D eigenvalue weighted by Gasteiger charge is -2.29. The topological polar surface area (TPSA) is 144 Å². The Labute approximate surface area is 243 Å². The van der Waals surface area contributed by atoms with Gasteiger partial charge >= 0.3 is 6.09 Å². The van der Waals surface area contributed by atoms with E-state index in [4.69, 9.17) is 21.1 Å². The number of likely N-dealkylation sites (tertiary alicyclic amines) is 1. The first-order valence-electron chi connectivity index (χ1n) is 13.4. The molecular weight excluding hydrogens is 572 g/mol. The standard InChI is InChI=1S/C28H33ClN4O7S/c1-5-17-14-28(17,25(35)32-41(37,38)20-8-9-20)31-23(34)22-13-19(15-33(22)26(36)40-27(2,3)4)39-24-21-12-18(29)7-6-16(21)10-11-30-24/h5-7,10-12,17,19-20,22H,1,8-9,13-15H2,2-4H3,(H,31,34)(H,32,35)/t17-,19-,22?,28-/m1/s1. The van der Waals surface area contributed by atoms with Crippen molar-refractivity contribution in [2.75, 3.05) is 6.54 Å². The van der Waals surface area contributed by atoms with Gasteiger partial charge in [-0.05, 0) is 63.6 Å². The number of nitrogens with one attached hydrogen (secondary N) is 2. The van der Waals surface area contributed by atoms with Gasteiger partial charge in [0.1, 0.15) is 23.3 Å². The molecule has 2 aliphatic carbocycles. The highest BCUT2D eigenvalue weighted by atomic mass is 35.5. The number of fused-ring (bicyclic) bond motifs is 1. The van der Waals surface area contributed by atoms with Gasteiger partial charge in [0, 0.05) is 28.9 Å². The monoisotopic (exact) mass is 604 g/mol. The third-order valence-electron chi connectivity index (χ3n) is 7.41. The average Bonchev–Trinajstić information content (AvgIpc) is 3.80. The molecule has 2 N–H and O–H groups in total. The molecule has 1 aromatic heterocycles. The van der Waals surface area contributed by atoms with Crippen molar-refractivity contribution in [3.63, 3.8) is 0 Å². The summed E-state index contributed by atoms with van der Waals surface area (Å²) < 4.78 is 38.8. The minimum Gasteiger partial charge on any atom is -0.472 e. The minimum absolute atomic E-state index is 0.0196. The number of sulfonamides is 1. The van der Waals surface area contributed by atoms with E-state index >= 15 is 0 Å². The summed E-state index contributed by atoms with van der Waals surface area (Å²) >= 11 is 6.19. The van der Waals surface area contributed by atoms with Crippen LogP contribution in [0.15, 0.2) is 43.1 Å². The number of carbonyl (C=O) groups is 3. The molecule has 0 radical (unpaired) electrons. The smallest absolute Gasteiger partial charge is 0.411 e. The van der Waals surface area contributed by atoms with E-state index < -0.39 is 62.4 Å². The largest absolute Gasteiger partial charge is 0.472 e. The number of aromatic nitrogens is 1. The molecule has 2 heterocycles. The van der Waals surface area contributed by atoms with E-state index in [1.165, 1.54) is 11.0 Å². The van der Waals surface area contributed by atoms with Crippen molar-refractivity contribution in [3.05, 3.63) is 48.1 Å². The maximum atomic E-state index is 13.7. The first-order chi connectivity index (χ1) is 19.2. The molecule has 3 fully saturated rings. The van der Waals surface area contributed by atoms with Crippen LogP contribution in [0.1, 0.15) is 46.5 Å². The summed E-state index contributed by atoms with van der Waals surface area (Å²) in [5, 5.41) is 4.17. The van der Waals surface area contributed by atoms with Crippen LogP contribution in [0, 0.1) is 5.92 Å². The van der Waals surface area contributed by atoms with Crippen LogP contribution in [-0.4, -0.2) is 71.3 Å². The van der Waals surface area contributed by atoms with Crippen molar-refractivity contribution in [2.45, 2.75) is 75.0 Å². The maximum Gasteiger partial charge on any atom is 0.411 e. The molecule has 2 aromatic rings. The number of halogens is 1. The molecule has 1 aromatic carbocycles. The molecular formula is C28H33ClN4O7S. The van der Waals surface area contributed by atoms with Gasteiger partial charge < -0.3 is 14.8 Å². The summed E-state index contributed by atoms with van der Waals surface area (Å²) in [4.78, 5) is 45.7. The van der Waals surface area contributed by atoms with Gasteiger partial charge in [-0.15, -0.1) is 6.58 Å². The SMILES string of the molecule is C=C[C@@H]1C[C@]1(NC(=O)C1C[C@@H](Oc2nccc3ccc(Cl)cc23)CN1C(=O)OC(C)(C)C)C(=O)NS(=O)(=O)C1CC1. The molecule has 1 saturated heterocycles. The number of pyridine rings is 1. The van der Waals surface area contributed by atoms with Gasteiger partial charge in [-0.3, -0.25) is 19.2 Å². The molecule has 4 atom stereocenters. The zero-order valence-electron chi connectivity index (χ0n) is 23.1. The van der Waals surface area contributed by atoms with Gasteiger partial charge in [-0.25, -0.2) is 18.2 Å². The number of amides is 3. The summed E-state index contributed by atoms with van der Waals surface area (Å²) in [6.07, 6.45) is 2.99. The van der Waals surface area contributed by atoms with Crippen LogP contribution < -0.4 is 14.8 Å². The Morgan fingerprint density at radius 3 is 2.59 bits per heavy atom. The lowest BCUT2D eigenvalue weighted by molar-refractivity contribution is -0.131. The quantitative estimate of drug-likeness (QED) is 0.437. The molecule has 3 amide bonds. The molecule has 0 bridgehead atoms. The average molecular weight is 605 g/mol. The number of hydrogen-bond acceptors (Lipinski definition) is 8. The van der Waals surface area contributed by atoms with Crippen LogP contribution in [0.25, 0.3) is 10.8 Å². The van der Waals surface area contributed by atoms with Crippen LogP contribution in [-0.2, 0) is 24.3 Å². The van der Waals surface area contributed by atoms with Crippen molar-refractivity contribution >= 4 is 50.3 Å². The summed E-state index contributed by atoms with van der Waals surface area (Å²) in [6.45, 7) is 8.88. The molecule has 0 spiro atoms. The fraction of sp³-hybridized carbons (Fsp3) is 0.500. The van der Waals surface area contributed by atoms with E-state index in [1.807, 2.05) is 12.1 Å². The summed E-state index contributed by atoms with van der Waals surface area (Å²) in [7, 11) is -3.83. The number of benzene rings is 1. The maximum absolute atomic E-state index is 13.7. The van der Waals surface area contributed by atoms with Gasteiger partial charge in [0.25, 0.3) is 5.91 Å². The number of ether oxygens (including phenoxy) is 2. The third-order valence-corrected chi connectivity index (χ3v) is 9.47. The van der Waals surface area contributed by atoms with Gasteiger partial charge in [-0.1, -0.05) is 23.7 Å². The van der Waals surface area contributed by atoms with Crippen molar-refractivity contribution in [2.24, 2.45) is 5.92 Å². The minimum atomic E-state index is -3.83. The molecule has 41 heavy (non-hydrogen) atoms. The normalized spacial score (nSPS) is 25.9. The van der Waals surface area contributed by atoms with Gasteiger partial charge in [0.15, 0.2) is 0 Å². The zero-order chi connectivity index (χ0) is 29.7. The fourth-order valence-corrected chi connectivity index (χ4v) is 6.57. The van der Waals surface area contributed by atoms with Gasteiger partial charge in [0.05, 0.1) is 11.8 Å². The van der Waals surface area contributed by atoms with Gasteiger partial charge in [0.2, 0.25) is 21.8 Å². The Bertz CT molecular complexity index is 1520. The molecule has 220 valence electrons. The van der Waals surface area contributed by atoms with Crippen LogP contribution in [0.3, 0.4) is 0 Å². The lowest BCUT2D eigenvalue weighted by atomic mass is 10.1. The first-order valence-corrected chi connectivity index (χ1v) is 15.4. The summed E-state index contributed by atoms with van der Waals surface area (Å²) in [5.74, 6) is -1.60. The molecule has 3 aliphatic rings. The number of nitrogens with zero attached hydrogens (tertiary/aromatic N) is 2. The van der Waals surface area contributed by atoms with Crippen molar-refractivity contribution in [1.82, 2.24) is 19.9 Å². The summed E-state index contributed by atoms with van der Waals surface area (Å²) in [6, 6.07) is 6.08. The predicted molar refractivity (Wildman–Crippen MR) is 152 cm³/mol. The Hall–Kier alpha value is -3.38. The Kier molecular flexibility index (Phi) is 7.44. The zero-order valence-corrected chi connectivity index (χ0v) is 24.6. The molecule has 2 saturated carbocycles. The predicted octanol–water partition coefficient (Wildman–Crippen LogP) is 3.31. The van der Waals surface area contributed by atoms with Crippen molar-refractivity contribution < 1.29 is 32.3 Å². The van der Waals surface area contributed by atoms with E-state index in [1.54, 1.807) is 39.1 Å². The van der Waals surface area contributed by atoms with Crippen LogP contribution in [0.5, 0.6) is 5.88 Å². The van der Waals surface area contributed by atoms with Crippen LogP contribution >= 0.6 is 11.6 Å². The van der Waals surface area contributed by atoms with E-state index in [0.29, 0.717) is 29.1 Å². The number of hydrogen-bond donors (Lipinski definition) is 2. The Morgan fingerprint density at radius 1 is 1.22 bits per heavy atom. The number of carbonyl (C=O) groups excluding carboxylic acids is 3. The number of rotatable bonds is 8. The second-order valence-electron chi connectivity index (χ2n) is 11.8. The second-order valence-corrected chi connectivity index (χ2v) is 14.2. The van der Waals surface area contributed by atoms with Gasteiger partial charge in [-0.2, -0.15) is 0 Å². The summed E-state index contributed by atoms with van der Waals surface area (Å²) in [5.41, 5.74) is -2.30. The fourth-order valence-electron chi connectivity index (χ4n) is 5.04. The molecule has 1 unspecified atom stereocenters. The van der Waals surface area contributed by atoms with Crippen molar-refractivity contribution in [1.29, 1.82) is 0 Å². The highest BCUT2D eigenvalue weighted by Gasteiger charge is 2.62. The first kappa shape index (κ1) is 29.1. The van der Waals surface area contributed by atoms with E-state index in [2.05, 4.69) is 21.6 Å².